The zero-order valence-corrected chi connectivity index (χ0v) is 36.0. The summed E-state index contributed by atoms with van der Waals surface area (Å²) in [5, 5.41) is 7.06. The van der Waals surface area contributed by atoms with Gasteiger partial charge in [-0.3, -0.25) is 9.59 Å². The molecule has 1 aliphatic heterocycles. The van der Waals surface area contributed by atoms with Crippen molar-refractivity contribution in [3.63, 3.8) is 0 Å². The number of likely N-dealkylation sites (tertiary alicyclic amines) is 1. The van der Waals surface area contributed by atoms with Gasteiger partial charge in [0.25, 0.3) is 5.88 Å². The fraction of sp³-hybridized carbons (Fsp3) is 0.605. The predicted octanol–water partition coefficient (Wildman–Crippen LogP) is 6.48. The van der Waals surface area contributed by atoms with Crippen LogP contribution in [-0.2, 0) is 37.4 Å². The number of hydrogen-bond acceptors (Lipinski definition) is 15. The highest BCUT2D eigenvalue weighted by atomic mass is 33.1. The molecule has 3 unspecified atom stereocenters. The van der Waals surface area contributed by atoms with E-state index in [-0.39, 0.29) is 37.1 Å². The quantitative estimate of drug-likeness (QED) is 0.0785. The van der Waals surface area contributed by atoms with Crippen molar-refractivity contribution in [1.29, 1.82) is 0 Å². The van der Waals surface area contributed by atoms with E-state index in [4.69, 9.17) is 28.2 Å². The number of hydrogen-bond donors (Lipinski definition) is 1. The third-order valence-corrected chi connectivity index (χ3v) is 13.6. The lowest BCUT2D eigenvalue weighted by molar-refractivity contribution is -0.153. The van der Waals surface area contributed by atoms with Crippen LogP contribution in [0.2, 0.25) is 0 Å². The van der Waals surface area contributed by atoms with Crippen LogP contribution in [0, 0.1) is 12.8 Å². The number of nitrogens with one attached hydrogen (secondary N) is 1. The molecule has 5 atom stereocenters. The number of aromatic nitrogens is 2. The third kappa shape index (κ3) is 12.1. The molecule has 3 aromatic rings. The van der Waals surface area contributed by atoms with Gasteiger partial charge in [0.15, 0.2) is 20.9 Å². The fourth-order valence-corrected chi connectivity index (χ4v) is 10.8. The summed E-state index contributed by atoms with van der Waals surface area (Å²) < 4.78 is 56.6. The zero-order valence-electron chi connectivity index (χ0n) is 33.6. The molecule has 0 radical (unpaired) electrons. The Morgan fingerprint density at radius 3 is 2.32 bits per heavy atom. The van der Waals surface area contributed by atoms with E-state index < -0.39 is 68.1 Å². The highest BCUT2D eigenvalue weighted by Crippen LogP contribution is 2.36. The van der Waals surface area contributed by atoms with Crippen LogP contribution in [0.3, 0.4) is 0 Å². The number of carbonyl (C=O) groups excluding carboxylic acids is 3. The van der Waals surface area contributed by atoms with Gasteiger partial charge in [0.1, 0.15) is 30.8 Å². The van der Waals surface area contributed by atoms with E-state index in [2.05, 4.69) is 15.5 Å². The van der Waals surface area contributed by atoms with Crippen molar-refractivity contribution < 1.29 is 51.0 Å². The maximum atomic E-state index is 14.5. The number of rotatable bonds is 19. The third-order valence-electron chi connectivity index (χ3n) is 9.33. The predicted molar refractivity (Wildman–Crippen MR) is 213 cm³/mol. The first-order chi connectivity index (χ1) is 26.3. The Morgan fingerprint density at radius 2 is 1.75 bits per heavy atom. The lowest BCUT2D eigenvalue weighted by Crippen LogP contribution is -2.48. The van der Waals surface area contributed by atoms with Gasteiger partial charge in [-0.25, -0.2) is 18.2 Å². The van der Waals surface area contributed by atoms with Gasteiger partial charge in [-0.1, -0.05) is 38.1 Å². The Kier molecular flexibility index (Phi) is 15.8. The van der Waals surface area contributed by atoms with Gasteiger partial charge >= 0.3 is 6.16 Å². The molecule has 0 bridgehead atoms. The van der Waals surface area contributed by atoms with Crippen molar-refractivity contribution in [2.45, 2.75) is 110 Å². The molecule has 1 aliphatic rings. The van der Waals surface area contributed by atoms with Gasteiger partial charge in [-0.15, -0.1) is 11.3 Å². The molecule has 2 aromatic heterocycles. The van der Waals surface area contributed by atoms with E-state index in [1.54, 1.807) is 37.6 Å². The molecule has 0 spiro atoms. The molecule has 0 aliphatic carbocycles. The van der Waals surface area contributed by atoms with Crippen molar-refractivity contribution in [3.8, 4) is 16.3 Å². The van der Waals surface area contributed by atoms with E-state index in [1.807, 2.05) is 65.8 Å². The SMILES string of the molecule is CCOC(COc1cc(C(C(=O)N2C[C@H](OC(=O)OC(C)C(C)(C)SS(C)(=O)=O)C[C@H]2C(=O)NC(C)c2ccc(-c3scnc3C)cc2)C(C)C)on1)OCC. The molecule has 3 heterocycles. The van der Waals surface area contributed by atoms with Crippen LogP contribution in [-0.4, -0.2) is 103 Å². The first kappa shape index (κ1) is 45.0. The maximum Gasteiger partial charge on any atom is 0.508 e. The molecule has 56 heavy (non-hydrogen) atoms. The minimum absolute atomic E-state index is 0.00925. The normalized spacial score (nSPS) is 17.8. The van der Waals surface area contributed by atoms with Crippen molar-refractivity contribution >= 4 is 49.0 Å². The Morgan fingerprint density at radius 1 is 1.09 bits per heavy atom. The first-order valence-electron chi connectivity index (χ1n) is 18.5. The van der Waals surface area contributed by atoms with E-state index in [0.717, 1.165) is 28.0 Å². The number of carbonyl (C=O) groups is 3. The Labute approximate surface area is 336 Å². The topological polar surface area (TPSA) is 186 Å². The van der Waals surface area contributed by atoms with Gasteiger partial charge in [0.05, 0.1) is 33.4 Å². The summed E-state index contributed by atoms with van der Waals surface area (Å²) >= 11 is 1.55. The monoisotopic (exact) mass is 838 g/mol. The number of thiazole rings is 1. The van der Waals surface area contributed by atoms with Gasteiger partial charge < -0.3 is 38.4 Å². The van der Waals surface area contributed by atoms with E-state index in [0.29, 0.717) is 24.0 Å². The molecule has 1 N–H and O–H groups in total. The Bertz CT molecular complexity index is 1870. The van der Waals surface area contributed by atoms with E-state index >= 15 is 0 Å². The second kappa shape index (κ2) is 19.6. The van der Waals surface area contributed by atoms with Gasteiger partial charge in [0, 0.05) is 32.0 Å². The number of nitrogens with zero attached hydrogens (tertiary/aromatic N) is 3. The van der Waals surface area contributed by atoms with Crippen LogP contribution in [0.5, 0.6) is 5.88 Å². The smallest absolute Gasteiger partial charge is 0.470 e. The number of aryl methyl sites for hydroxylation is 1. The average Bonchev–Trinajstić information content (AvgIpc) is 3.86. The summed E-state index contributed by atoms with van der Waals surface area (Å²) in [4.78, 5) is 48.4. The maximum absolute atomic E-state index is 14.5. The first-order valence-corrected chi connectivity index (χ1v) is 22.7. The van der Waals surface area contributed by atoms with Crippen molar-refractivity contribution in [2.75, 3.05) is 32.6 Å². The summed E-state index contributed by atoms with van der Waals surface area (Å²) in [5.41, 5.74) is 4.61. The number of amides is 2. The molecule has 15 nitrogen and oxygen atoms in total. The van der Waals surface area contributed by atoms with Crippen LogP contribution in [0.25, 0.3) is 10.4 Å². The average molecular weight is 839 g/mol. The van der Waals surface area contributed by atoms with Gasteiger partial charge in [-0.05, 0) is 81.5 Å². The molecule has 310 valence electrons. The van der Waals surface area contributed by atoms with Crippen LogP contribution >= 0.6 is 22.1 Å². The molecular weight excluding hydrogens is 785 g/mol. The minimum Gasteiger partial charge on any atom is -0.470 e. The summed E-state index contributed by atoms with van der Waals surface area (Å²) in [6.45, 7) is 16.8. The molecule has 18 heteroatoms. The lowest BCUT2D eigenvalue weighted by atomic mass is 9.91. The molecule has 0 saturated carbocycles. The summed E-state index contributed by atoms with van der Waals surface area (Å²) in [5.74, 6) is -1.67. The summed E-state index contributed by atoms with van der Waals surface area (Å²) in [7, 11) is -2.77. The second-order valence-electron chi connectivity index (χ2n) is 14.4. The zero-order chi connectivity index (χ0) is 41.4. The summed E-state index contributed by atoms with van der Waals surface area (Å²) in [6.07, 6.45) is -2.35. The second-order valence-corrected chi connectivity index (χ2v) is 20.2. The molecule has 2 amide bonds. The highest BCUT2D eigenvalue weighted by molar-refractivity contribution is 8.72. The van der Waals surface area contributed by atoms with Crippen molar-refractivity contribution in [2.24, 2.45) is 5.92 Å². The van der Waals surface area contributed by atoms with Gasteiger partial charge in [-0.2, -0.15) is 0 Å². The summed E-state index contributed by atoms with van der Waals surface area (Å²) in [6, 6.07) is 7.92. The fourth-order valence-electron chi connectivity index (χ4n) is 6.25. The van der Waals surface area contributed by atoms with E-state index in [1.165, 1.54) is 11.0 Å². The minimum atomic E-state index is -3.45. The highest BCUT2D eigenvalue weighted by Gasteiger charge is 2.46. The van der Waals surface area contributed by atoms with Crippen molar-refractivity contribution in [3.05, 3.63) is 52.9 Å². The lowest BCUT2D eigenvalue weighted by Gasteiger charge is -2.29. The van der Waals surface area contributed by atoms with Gasteiger partial charge in [0.2, 0.25) is 11.8 Å². The van der Waals surface area contributed by atoms with E-state index in [9.17, 15) is 22.8 Å². The molecule has 1 fully saturated rings. The molecule has 1 aromatic carbocycles. The Balaban J connectivity index is 1.54. The number of benzene rings is 1. The van der Waals surface area contributed by atoms with Crippen LogP contribution < -0.4 is 10.1 Å². The standard InChI is InChI=1S/C38H54N4O11S3/c1-11-48-32(49-12-2)20-50-31-18-30(53-41-31)33(22(3)4)36(44)42-19-28(52-37(45)51-25(7)38(8,9)55-56(10,46)47)17-29(42)35(43)40-23(5)26-13-15-27(16-14-26)34-24(6)39-21-54-34/h13-16,18,21-23,25,28-29,32-33H,11-12,17,19-20H2,1-10H3,(H,40,43)/t23?,25?,28-,29+,33?/m1/s1. The number of ether oxygens (including phenoxy) is 5. The molecule has 1 saturated heterocycles. The van der Waals surface area contributed by atoms with Crippen LogP contribution in [0.15, 0.2) is 40.4 Å². The van der Waals surface area contributed by atoms with Crippen LogP contribution in [0.1, 0.15) is 90.8 Å². The Hall–Kier alpha value is -3.71. The molecule has 4 rings (SSSR count). The van der Waals surface area contributed by atoms with Crippen LogP contribution in [0.4, 0.5) is 4.79 Å². The largest absolute Gasteiger partial charge is 0.508 e. The van der Waals surface area contributed by atoms with Crippen molar-refractivity contribution in [1.82, 2.24) is 20.4 Å². The molecular formula is C38H54N4O11S3.